The lowest BCUT2D eigenvalue weighted by atomic mass is 9.95. The summed E-state index contributed by atoms with van der Waals surface area (Å²) < 4.78 is 0. The summed E-state index contributed by atoms with van der Waals surface area (Å²) in [4.78, 5) is 44.5. The molecule has 3 aliphatic rings. The Labute approximate surface area is 178 Å². The van der Waals surface area contributed by atoms with Gasteiger partial charge in [-0.3, -0.25) is 19.3 Å². The molecule has 30 heavy (non-hydrogen) atoms. The summed E-state index contributed by atoms with van der Waals surface area (Å²) in [5, 5.41) is 2.88. The highest BCUT2D eigenvalue weighted by Crippen LogP contribution is 2.40. The van der Waals surface area contributed by atoms with Gasteiger partial charge in [-0.1, -0.05) is 0 Å². The average molecular weight is 413 g/mol. The van der Waals surface area contributed by atoms with Gasteiger partial charge in [-0.25, -0.2) is 0 Å². The van der Waals surface area contributed by atoms with E-state index in [1.54, 1.807) is 4.90 Å². The van der Waals surface area contributed by atoms with E-state index in [1.165, 1.54) is 0 Å². The second kappa shape index (κ2) is 8.66. The van der Waals surface area contributed by atoms with Gasteiger partial charge in [0.05, 0.1) is 11.4 Å². The number of piperidine rings is 2. The summed E-state index contributed by atoms with van der Waals surface area (Å²) in [6.07, 6.45) is 6.09. The smallest absolute Gasteiger partial charge is 0.253 e. The van der Waals surface area contributed by atoms with Crippen LogP contribution >= 0.6 is 0 Å². The fraction of sp³-hybridized carbons (Fsp3) is 0.609. The van der Waals surface area contributed by atoms with Crippen LogP contribution in [0.2, 0.25) is 0 Å². The van der Waals surface area contributed by atoms with Crippen molar-refractivity contribution in [2.75, 3.05) is 36.0 Å². The van der Waals surface area contributed by atoms with Gasteiger partial charge in [-0.05, 0) is 70.6 Å². The Hall–Kier alpha value is -2.57. The van der Waals surface area contributed by atoms with E-state index in [4.69, 9.17) is 0 Å². The molecule has 1 aromatic rings. The number of carbonyl (C=O) groups excluding carboxylic acids is 3. The Morgan fingerprint density at radius 3 is 2.50 bits per heavy atom. The summed E-state index contributed by atoms with van der Waals surface area (Å²) in [5.74, 6) is -0.206. The average Bonchev–Trinajstić information content (AvgIpc) is 2.76. The van der Waals surface area contributed by atoms with Crippen LogP contribution < -0.4 is 15.1 Å². The van der Waals surface area contributed by atoms with E-state index < -0.39 is 0 Å². The van der Waals surface area contributed by atoms with E-state index in [2.05, 4.69) is 10.2 Å². The van der Waals surface area contributed by atoms with Crippen molar-refractivity contribution in [1.29, 1.82) is 0 Å². The van der Waals surface area contributed by atoms with Crippen molar-refractivity contribution in [3.63, 3.8) is 0 Å². The highest BCUT2D eigenvalue weighted by Gasteiger charge is 2.40. The standard InChI is InChI=1S/C23H32N4O3/c1-16(2)24-21(28)15-27-20-14-17(22(29)25-11-5-3-6-12-25)9-10-18(20)26-13-7-4-8-19(26)23(27)30/h9-10,14,16,19H,3-8,11-13,15H2,1-2H3,(H,24,28). The molecule has 7 heteroatoms. The molecule has 1 aromatic carbocycles. The number of hydrogen-bond acceptors (Lipinski definition) is 4. The first-order valence-electron chi connectivity index (χ1n) is 11.3. The van der Waals surface area contributed by atoms with Gasteiger partial charge < -0.3 is 15.1 Å². The van der Waals surface area contributed by atoms with Crippen LogP contribution in [0.15, 0.2) is 18.2 Å². The quantitative estimate of drug-likeness (QED) is 0.825. The van der Waals surface area contributed by atoms with Gasteiger partial charge in [-0.15, -0.1) is 0 Å². The predicted octanol–water partition coefficient (Wildman–Crippen LogP) is 2.54. The maximum atomic E-state index is 13.3. The molecular weight excluding hydrogens is 380 g/mol. The van der Waals surface area contributed by atoms with Crippen LogP contribution in [0.3, 0.4) is 0 Å². The van der Waals surface area contributed by atoms with E-state index in [0.29, 0.717) is 11.3 Å². The molecule has 0 bridgehead atoms. The normalized spacial score (nSPS) is 21.4. The second-order valence-corrected chi connectivity index (χ2v) is 8.91. The zero-order valence-corrected chi connectivity index (χ0v) is 18.0. The Morgan fingerprint density at radius 1 is 1.03 bits per heavy atom. The van der Waals surface area contributed by atoms with E-state index in [9.17, 15) is 14.4 Å². The van der Waals surface area contributed by atoms with Crippen molar-refractivity contribution in [3.8, 4) is 0 Å². The number of nitrogens with one attached hydrogen (secondary N) is 1. The van der Waals surface area contributed by atoms with Crippen LogP contribution in [0.25, 0.3) is 0 Å². The largest absolute Gasteiger partial charge is 0.358 e. The van der Waals surface area contributed by atoms with Crippen molar-refractivity contribution in [3.05, 3.63) is 23.8 Å². The van der Waals surface area contributed by atoms with Crippen LogP contribution in [0.4, 0.5) is 11.4 Å². The Kier molecular flexibility index (Phi) is 5.97. The first-order chi connectivity index (χ1) is 14.5. The minimum Gasteiger partial charge on any atom is -0.358 e. The summed E-state index contributed by atoms with van der Waals surface area (Å²) >= 11 is 0. The van der Waals surface area contributed by atoms with E-state index in [-0.39, 0.29) is 36.3 Å². The first-order valence-corrected chi connectivity index (χ1v) is 11.3. The maximum absolute atomic E-state index is 13.3. The Morgan fingerprint density at radius 2 is 1.77 bits per heavy atom. The third kappa shape index (κ3) is 4.02. The highest BCUT2D eigenvalue weighted by molar-refractivity contribution is 6.09. The minimum absolute atomic E-state index is 0.00931. The first kappa shape index (κ1) is 20.7. The molecule has 3 heterocycles. The van der Waals surface area contributed by atoms with Gasteiger partial charge in [0.25, 0.3) is 5.91 Å². The highest BCUT2D eigenvalue weighted by atomic mass is 16.2. The molecule has 1 N–H and O–H groups in total. The number of fused-ring (bicyclic) bond motifs is 3. The fourth-order valence-electron chi connectivity index (χ4n) is 4.84. The number of nitrogens with zero attached hydrogens (tertiary/aromatic N) is 3. The molecule has 0 aromatic heterocycles. The number of carbonyl (C=O) groups is 3. The maximum Gasteiger partial charge on any atom is 0.253 e. The third-order valence-electron chi connectivity index (χ3n) is 6.27. The lowest BCUT2D eigenvalue weighted by Gasteiger charge is -2.45. The van der Waals surface area contributed by atoms with E-state index in [1.807, 2.05) is 36.9 Å². The van der Waals surface area contributed by atoms with Crippen LogP contribution in [0.1, 0.15) is 62.7 Å². The molecule has 0 aliphatic carbocycles. The molecule has 3 aliphatic heterocycles. The van der Waals surface area contributed by atoms with Gasteiger partial charge in [0, 0.05) is 31.2 Å². The molecule has 2 fully saturated rings. The van der Waals surface area contributed by atoms with Crippen molar-refractivity contribution < 1.29 is 14.4 Å². The van der Waals surface area contributed by atoms with Crippen LogP contribution in [-0.2, 0) is 9.59 Å². The monoisotopic (exact) mass is 412 g/mol. The molecule has 1 atom stereocenters. The van der Waals surface area contributed by atoms with Crippen LogP contribution in [-0.4, -0.2) is 60.9 Å². The molecule has 162 valence electrons. The number of benzene rings is 1. The summed E-state index contributed by atoms with van der Waals surface area (Å²) in [7, 11) is 0. The van der Waals surface area contributed by atoms with Crippen molar-refractivity contribution >= 4 is 29.1 Å². The van der Waals surface area contributed by atoms with Crippen LogP contribution in [0.5, 0.6) is 0 Å². The molecule has 2 saturated heterocycles. The minimum atomic E-state index is -0.221. The summed E-state index contributed by atoms with van der Waals surface area (Å²) in [6.45, 7) is 6.18. The lowest BCUT2D eigenvalue weighted by molar-refractivity contribution is -0.125. The zero-order chi connectivity index (χ0) is 21.3. The molecule has 0 spiro atoms. The second-order valence-electron chi connectivity index (χ2n) is 8.91. The van der Waals surface area contributed by atoms with Gasteiger partial charge >= 0.3 is 0 Å². The number of hydrogen-bond donors (Lipinski definition) is 1. The molecule has 0 radical (unpaired) electrons. The summed E-state index contributed by atoms with van der Waals surface area (Å²) in [5.41, 5.74) is 2.22. The molecule has 7 nitrogen and oxygen atoms in total. The van der Waals surface area contributed by atoms with Crippen molar-refractivity contribution in [1.82, 2.24) is 10.2 Å². The molecule has 0 saturated carbocycles. The molecule has 1 unspecified atom stereocenters. The number of anilines is 2. The number of amides is 3. The number of rotatable bonds is 4. The SMILES string of the molecule is CC(C)NC(=O)CN1C(=O)C2CCCCN2c2ccc(C(=O)N3CCCCC3)cc21. The Balaban J connectivity index is 1.68. The van der Waals surface area contributed by atoms with Gasteiger partial charge in [-0.2, -0.15) is 0 Å². The van der Waals surface area contributed by atoms with Gasteiger partial charge in [0.2, 0.25) is 11.8 Å². The summed E-state index contributed by atoms with van der Waals surface area (Å²) in [6, 6.07) is 5.45. The predicted molar refractivity (Wildman–Crippen MR) is 117 cm³/mol. The molecular formula is C23H32N4O3. The lowest BCUT2D eigenvalue weighted by Crippen LogP contribution is -2.57. The Bertz CT molecular complexity index is 832. The van der Waals surface area contributed by atoms with Gasteiger partial charge in [0.15, 0.2) is 0 Å². The fourth-order valence-corrected chi connectivity index (χ4v) is 4.84. The van der Waals surface area contributed by atoms with Crippen molar-refractivity contribution in [2.45, 2.75) is 64.5 Å². The molecule has 3 amide bonds. The van der Waals surface area contributed by atoms with Crippen LogP contribution in [0, 0.1) is 0 Å². The molecule has 4 rings (SSSR count). The van der Waals surface area contributed by atoms with E-state index in [0.717, 1.165) is 63.8 Å². The van der Waals surface area contributed by atoms with Gasteiger partial charge in [0.1, 0.15) is 12.6 Å². The van der Waals surface area contributed by atoms with E-state index >= 15 is 0 Å². The number of likely N-dealkylation sites (tertiary alicyclic amines) is 1. The van der Waals surface area contributed by atoms with Crippen molar-refractivity contribution in [2.24, 2.45) is 0 Å². The topological polar surface area (TPSA) is 73.0 Å². The zero-order valence-electron chi connectivity index (χ0n) is 18.0. The third-order valence-corrected chi connectivity index (χ3v) is 6.27.